The second kappa shape index (κ2) is 7.33. The molecule has 0 aromatic heterocycles. The van der Waals surface area contributed by atoms with Gasteiger partial charge in [0, 0.05) is 19.0 Å². The smallest absolute Gasteiger partial charge is 0.0420 e. The van der Waals surface area contributed by atoms with E-state index in [1.165, 1.54) is 0 Å². The Labute approximate surface area is 122 Å². The van der Waals surface area contributed by atoms with Crippen LogP contribution in [-0.4, -0.2) is 0 Å². The quantitative estimate of drug-likeness (QED) is 0.508. The summed E-state index contributed by atoms with van der Waals surface area (Å²) in [5, 5.41) is 1.36. The molecule has 0 N–H and O–H groups in total. The Morgan fingerprint density at radius 3 is 1.38 bits per heavy atom. The summed E-state index contributed by atoms with van der Waals surface area (Å²) in [7, 11) is 0. The van der Waals surface area contributed by atoms with E-state index in [1.54, 1.807) is 18.2 Å². The Bertz CT molecular complexity index is 420. The van der Waals surface area contributed by atoms with E-state index in [4.69, 9.17) is 23.2 Å². The van der Waals surface area contributed by atoms with Gasteiger partial charge in [0.1, 0.15) is 0 Å². The molecule has 0 fully saturated rings. The molecule has 16 heavy (non-hydrogen) atoms. The lowest BCUT2D eigenvalue weighted by Crippen LogP contribution is -1.63. The lowest BCUT2D eigenvalue weighted by atomic mass is 10.4. The fraction of sp³-hybridized carbons (Fsp3) is 0. The topological polar surface area (TPSA) is 0 Å². The average molecular weight is 383 g/mol. The van der Waals surface area contributed by atoms with Crippen LogP contribution in [0.3, 0.4) is 0 Å². The van der Waals surface area contributed by atoms with Gasteiger partial charge in [0.2, 0.25) is 0 Å². The van der Waals surface area contributed by atoms with E-state index < -0.39 is 0 Å². The highest BCUT2D eigenvalue weighted by molar-refractivity contribution is 9.13. The number of hydrogen-bond donors (Lipinski definition) is 0. The van der Waals surface area contributed by atoms with E-state index in [1.807, 2.05) is 30.3 Å². The van der Waals surface area contributed by atoms with Crippen molar-refractivity contribution in [2.24, 2.45) is 0 Å². The summed E-state index contributed by atoms with van der Waals surface area (Å²) < 4.78 is 2.19. The third kappa shape index (κ3) is 5.35. The van der Waals surface area contributed by atoms with Crippen LogP contribution in [0.5, 0.6) is 0 Å². The van der Waals surface area contributed by atoms with Crippen LogP contribution in [0.15, 0.2) is 57.5 Å². The molecule has 2 aromatic carbocycles. The lowest BCUT2D eigenvalue weighted by Gasteiger charge is -1.89. The molecule has 0 atom stereocenters. The van der Waals surface area contributed by atoms with Crippen molar-refractivity contribution < 1.29 is 0 Å². The van der Waals surface area contributed by atoms with Crippen LogP contribution in [0.2, 0.25) is 10.0 Å². The van der Waals surface area contributed by atoms with Gasteiger partial charge in [-0.15, -0.1) is 0 Å². The van der Waals surface area contributed by atoms with Gasteiger partial charge in [0.15, 0.2) is 0 Å². The van der Waals surface area contributed by atoms with Gasteiger partial charge in [0.05, 0.1) is 0 Å². The molecular formula is C12H8Br2Cl2. The van der Waals surface area contributed by atoms with E-state index in [0.29, 0.717) is 10.0 Å². The molecule has 84 valence electrons. The van der Waals surface area contributed by atoms with Gasteiger partial charge in [0.25, 0.3) is 0 Å². The summed E-state index contributed by atoms with van der Waals surface area (Å²) in [6.45, 7) is 0. The van der Waals surface area contributed by atoms with Crippen LogP contribution in [0.4, 0.5) is 0 Å². The molecule has 0 nitrogen and oxygen atoms in total. The van der Waals surface area contributed by atoms with E-state index in [9.17, 15) is 0 Å². The molecule has 0 spiro atoms. The van der Waals surface area contributed by atoms with Gasteiger partial charge in [-0.3, -0.25) is 0 Å². The zero-order chi connectivity index (χ0) is 12.0. The maximum absolute atomic E-state index is 5.56. The largest absolute Gasteiger partial charge is 0.0843 e. The summed E-state index contributed by atoms with van der Waals surface area (Å²) in [5.74, 6) is 0. The van der Waals surface area contributed by atoms with Crippen LogP contribution in [0.1, 0.15) is 0 Å². The van der Waals surface area contributed by atoms with Crippen molar-refractivity contribution in [2.75, 3.05) is 0 Å². The van der Waals surface area contributed by atoms with Crippen molar-refractivity contribution in [2.45, 2.75) is 0 Å². The van der Waals surface area contributed by atoms with Gasteiger partial charge < -0.3 is 0 Å². The summed E-state index contributed by atoms with van der Waals surface area (Å²) in [5.41, 5.74) is 0. The van der Waals surface area contributed by atoms with Crippen LogP contribution in [0.25, 0.3) is 0 Å². The van der Waals surface area contributed by atoms with Crippen molar-refractivity contribution in [3.63, 3.8) is 0 Å². The molecular weight excluding hydrogens is 375 g/mol. The minimum atomic E-state index is 0.678. The molecule has 0 saturated heterocycles. The van der Waals surface area contributed by atoms with E-state index in [0.717, 1.165) is 8.95 Å². The second-order valence-corrected chi connectivity index (χ2v) is 5.44. The molecule has 0 aliphatic rings. The van der Waals surface area contributed by atoms with Crippen molar-refractivity contribution >= 4 is 55.1 Å². The molecule has 0 bridgehead atoms. The van der Waals surface area contributed by atoms with Gasteiger partial charge in [-0.2, -0.15) is 0 Å². The Balaban J connectivity index is 0.000000160. The first-order chi connectivity index (χ1) is 7.59. The highest BCUT2D eigenvalue weighted by Gasteiger charge is 1.88. The summed E-state index contributed by atoms with van der Waals surface area (Å²) in [4.78, 5) is 0. The van der Waals surface area contributed by atoms with Crippen LogP contribution in [0, 0.1) is 0 Å². The maximum Gasteiger partial charge on any atom is 0.0420 e. The molecule has 0 radical (unpaired) electrons. The van der Waals surface area contributed by atoms with Crippen LogP contribution >= 0.6 is 55.1 Å². The number of hydrogen-bond acceptors (Lipinski definition) is 0. The maximum atomic E-state index is 5.56. The van der Waals surface area contributed by atoms with Gasteiger partial charge in [-0.1, -0.05) is 41.4 Å². The van der Waals surface area contributed by atoms with E-state index >= 15 is 0 Å². The van der Waals surface area contributed by atoms with Crippen molar-refractivity contribution in [3.8, 4) is 0 Å². The zero-order valence-corrected chi connectivity index (χ0v) is 12.8. The first-order valence-corrected chi connectivity index (χ1v) is 6.75. The Morgan fingerprint density at radius 1 is 0.688 bits per heavy atom. The lowest BCUT2D eigenvalue weighted by molar-refractivity contribution is 1.59. The Morgan fingerprint density at radius 2 is 1.12 bits per heavy atom. The SMILES string of the molecule is Brc1ccccc1Br.Clc1cccc(Cl)c1. The monoisotopic (exact) mass is 380 g/mol. The number of halogens is 4. The average Bonchev–Trinajstić information content (AvgIpc) is 2.23. The molecule has 0 saturated carbocycles. The minimum Gasteiger partial charge on any atom is -0.0843 e. The van der Waals surface area contributed by atoms with Crippen molar-refractivity contribution in [1.29, 1.82) is 0 Å². The standard InChI is InChI=1S/C6H4Br2.C6H4Cl2/c7-5-3-1-2-4-6(5)8;7-5-2-1-3-6(8)4-5/h2*1-4H. The van der Waals surface area contributed by atoms with E-state index in [-0.39, 0.29) is 0 Å². The predicted octanol–water partition coefficient (Wildman–Crippen LogP) is 6.21. The highest BCUT2D eigenvalue weighted by Crippen LogP contribution is 2.20. The molecule has 0 amide bonds. The van der Waals surface area contributed by atoms with Crippen LogP contribution in [-0.2, 0) is 0 Å². The Hall–Kier alpha value is -0.0200. The van der Waals surface area contributed by atoms with Crippen LogP contribution < -0.4 is 0 Å². The highest BCUT2D eigenvalue weighted by atomic mass is 79.9. The molecule has 0 aliphatic heterocycles. The molecule has 0 unspecified atom stereocenters. The number of rotatable bonds is 0. The van der Waals surface area contributed by atoms with Gasteiger partial charge in [-0.25, -0.2) is 0 Å². The number of benzene rings is 2. The molecule has 2 aromatic rings. The first-order valence-electron chi connectivity index (χ1n) is 4.40. The van der Waals surface area contributed by atoms with Crippen molar-refractivity contribution in [1.82, 2.24) is 0 Å². The summed E-state index contributed by atoms with van der Waals surface area (Å²) >= 11 is 17.8. The first kappa shape index (κ1) is 14.0. The predicted molar refractivity (Wildman–Crippen MR) is 78.3 cm³/mol. The third-order valence-corrected chi connectivity index (χ3v) is 4.00. The molecule has 0 aliphatic carbocycles. The second-order valence-electron chi connectivity index (χ2n) is 2.85. The van der Waals surface area contributed by atoms with Gasteiger partial charge in [-0.05, 0) is 62.2 Å². The van der Waals surface area contributed by atoms with E-state index in [2.05, 4.69) is 31.9 Å². The third-order valence-electron chi connectivity index (χ3n) is 1.61. The Kier molecular flexibility index (Phi) is 6.44. The normalized spacial score (nSPS) is 9.25. The fourth-order valence-corrected chi connectivity index (χ4v) is 1.91. The molecule has 2 rings (SSSR count). The molecule has 0 heterocycles. The minimum absolute atomic E-state index is 0.678. The summed E-state index contributed by atoms with van der Waals surface area (Å²) in [6.07, 6.45) is 0. The fourth-order valence-electron chi connectivity index (χ4n) is 0.899. The molecule has 4 heteroatoms. The summed E-state index contributed by atoms with van der Waals surface area (Å²) in [6, 6.07) is 15.0. The zero-order valence-electron chi connectivity index (χ0n) is 8.13. The van der Waals surface area contributed by atoms with Crippen molar-refractivity contribution in [3.05, 3.63) is 67.5 Å². The van der Waals surface area contributed by atoms with Gasteiger partial charge >= 0.3 is 0 Å².